The zero-order valence-corrected chi connectivity index (χ0v) is 20.4. The van der Waals surface area contributed by atoms with Crippen LogP contribution in [0.3, 0.4) is 0 Å². The highest BCUT2D eigenvalue weighted by Crippen LogP contribution is 2.12. The van der Waals surface area contributed by atoms with Gasteiger partial charge in [-0.15, -0.1) is 0 Å². The van der Waals surface area contributed by atoms with Crippen molar-refractivity contribution in [3.8, 4) is 0 Å². The van der Waals surface area contributed by atoms with Crippen LogP contribution in [0.2, 0.25) is 0 Å². The minimum absolute atomic E-state index is 0.137. The Morgan fingerprint density at radius 1 is 0.600 bits per heavy atom. The van der Waals surface area contributed by atoms with Gasteiger partial charge in [-0.2, -0.15) is 0 Å². The minimum atomic E-state index is -0.157. The summed E-state index contributed by atoms with van der Waals surface area (Å²) in [5.74, 6) is 0.117. The van der Waals surface area contributed by atoms with Crippen molar-refractivity contribution in [3.05, 3.63) is 0 Å². The standard InChI is InChI=1S/C26H50O4/c1-4-6-7-8-9-10-11-12-13-14-15-16-19-22-29-25(27)20-17-18-21-26(28)30-23-24(3)5-2/h24H,4-23H2,1-3H3. The summed E-state index contributed by atoms with van der Waals surface area (Å²) in [7, 11) is 0. The summed E-state index contributed by atoms with van der Waals surface area (Å²) in [6, 6.07) is 0. The Morgan fingerprint density at radius 3 is 1.50 bits per heavy atom. The molecule has 0 aliphatic heterocycles. The molecular weight excluding hydrogens is 376 g/mol. The summed E-state index contributed by atoms with van der Waals surface area (Å²) in [4.78, 5) is 23.3. The topological polar surface area (TPSA) is 52.6 Å². The number of hydrogen-bond acceptors (Lipinski definition) is 4. The fraction of sp³-hybridized carbons (Fsp3) is 0.923. The molecule has 0 spiro atoms. The van der Waals surface area contributed by atoms with Gasteiger partial charge in [-0.3, -0.25) is 9.59 Å². The lowest BCUT2D eigenvalue weighted by Gasteiger charge is -2.09. The Morgan fingerprint density at radius 2 is 1.03 bits per heavy atom. The van der Waals surface area contributed by atoms with Gasteiger partial charge < -0.3 is 9.47 Å². The first-order valence-corrected chi connectivity index (χ1v) is 12.9. The van der Waals surface area contributed by atoms with Gasteiger partial charge in [-0.05, 0) is 25.2 Å². The van der Waals surface area contributed by atoms with E-state index in [2.05, 4.69) is 20.8 Å². The lowest BCUT2D eigenvalue weighted by Crippen LogP contribution is -2.11. The third-order valence-corrected chi connectivity index (χ3v) is 5.75. The molecule has 0 radical (unpaired) electrons. The van der Waals surface area contributed by atoms with Crippen molar-refractivity contribution in [1.29, 1.82) is 0 Å². The van der Waals surface area contributed by atoms with Crippen LogP contribution in [0.4, 0.5) is 0 Å². The summed E-state index contributed by atoms with van der Waals surface area (Å²) in [6.45, 7) is 7.45. The first-order valence-electron chi connectivity index (χ1n) is 12.9. The minimum Gasteiger partial charge on any atom is -0.466 e. The lowest BCUT2D eigenvalue weighted by molar-refractivity contribution is -0.146. The molecule has 0 amide bonds. The molecule has 4 heteroatoms. The fourth-order valence-electron chi connectivity index (χ4n) is 3.34. The number of carbonyl (C=O) groups excluding carboxylic acids is 2. The number of unbranched alkanes of at least 4 members (excludes halogenated alkanes) is 13. The van der Waals surface area contributed by atoms with Gasteiger partial charge in [0.25, 0.3) is 0 Å². The molecule has 178 valence electrons. The van der Waals surface area contributed by atoms with E-state index in [9.17, 15) is 9.59 Å². The van der Waals surface area contributed by atoms with E-state index in [1.807, 2.05) is 0 Å². The summed E-state index contributed by atoms with van der Waals surface area (Å²) >= 11 is 0. The fourth-order valence-corrected chi connectivity index (χ4v) is 3.34. The van der Waals surface area contributed by atoms with Crippen LogP contribution in [0, 0.1) is 5.92 Å². The second-order valence-corrected chi connectivity index (χ2v) is 8.87. The molecule has 1 unspecified atom stereocenters. The highest BCUT2D eigenvalue weighted by atomic mass is 16.5. The van der Waals surface area contributed by atoms with Gasteiger partial charge in [-0.1, -0.05) is 104 Å². The molecule has 4 nitrogen and oxygen atoms in total. The van der Waals surface area contributed by atoms with Gasteiger partial charge in [0.15, 0.2) is 0 Å². The third kappa shape index (κ3) is 21.6. The number of carbonyl (C=O) groups is 2. The smallest absolute Gasteiger partial charge is 0.305 e. The molecule has 30 heavy (non-hydrogen) atoms. The molecule has 0 aromatic rings. The number of ether oxygens (including phenoxy) is 2. The Labute approximate surface area is 186 Å². The van der Waals surface area contributed by atoms with Gasteiger partial charge in [0.2, 0.25) is 0 Å². The normalized spacial score (nSPS) is 12.0. The van der Waals surface area contributed by atoms with Gasteiger partial charge in [-0.25, -0.2) is 0 Å². The van der Waals surface area contributed by atoms with Crippen LogP contribution in [0.15, 0.2) is 0 Å². The Balaban J connectivity index is 3.28. The maximum Gasteiger partial charge on any atom is 0.305 e. The van der Waals surface area contributed by atoms with E-state index < -0.39 is 0 Å². The Hall–Kier alpha value is -1.06. The Bertz CT molecular complexity index is 394. The van der Waals surface area contributed by atoms with E-state index in [0.717, 1.165) is 19.3 Å². The molecule has 0 aliphatic rings. The van der Waals surface area contributed by atoms with Crippen molar-refractivity contribution in [2.45, 2.75) is 136 Å². The zero-order valence-electron chi connectivity index (χ0n) is 20.4. The van der Waals surface area contributed by atoms with Gasteiger partial charge in [0.05, 0.1) is 13.2 Å². The molecule has 0 aromatic carbocycles. The van der Waals surface area contributed by atoms with Crippen LogP contribution in [0.5, 0.6) is 0 Å². The maximum absolute atomic E-state index is 11.7. The Kier molecular flexibility index (Phi) is 21.8. The molecule has 0 rings (SSSR count). The third-order valence-electron chi connectivity index (χ3n) is 5.75. The van der Waals surface area contributed by atoms with Crippen molar-refractivity contribution >= 4 is 11.9 Å². The first kappa shape index (κ1) is 28.9. The molecule has 1 atom stereocenters. The highest BCUT2D eigenvalue weighted by Gasteiger charge is 2.07. The monoisotopic (exact) mass is 426 g/mol. The van der Waals surface area contributed by atoms with Crippen LogP contribution in [0.1, 0.15) is 136 Å². The number of rotatable bonds is 22. The lowest BCUT2D eigenvalue weighted by atomic mass is 10.0. The summed E-state index contributed by atoms with van der Waals surface area (Å²) in [6.07, 6.45) is 20.3. The summed E-state index contributed by atoms with van der Waals surface area (Å²) in [5, 5.41) is 0. The van der Waals surface area contributed by atoms with Crippen LogP contribution in [0.25, 0.3) is 0 Å². The van der Waals surface area contributed by atoms with Crippen molar-refractivity contribution in [1.82, 2.24) is 0 Å². The molecule has 0 N–H and O–H groups in total. The van der Waals surface area contributed by atoms with Gasteiger partial charge in [0, 0.05) is 12.8 Å². The second kappa shape index (κ2) is 22.6. The molecule has 0 bridgehead atoms. The van der Waals surface area contributed by atoms with Crippen LogP contribution >= 0.6 is 0 Å². The van der Waals surface area contributed by atoms with Crippen molar-refractivity contribution in [2.75, 3.05) is 13.2 Å². The average Bonchev–Trinajstić information content (AvgIpc) is 2.75. The average molecular weight is 427 g/mol. The van der Waals surface area contributed by atoms with Crippen molar-refractivity contribution in [2.24, 2.45) is 5.92 Å². The molecular formula is C26H50O4. The molecule has 0 saturated heterocycles. The summed E-state index contributed by atoms with van der Waals surface area (Å²) in [5.41, 5.74) is 0. The number of hydrogen-bond donors (Lipinski definition) is 0. The quantitative estimate of drug-likeness (QED) is 0.131. The largest absolute Gasteiger partial charge is 0.466 e. The SMILES string of the molecule is CCCCCCCCCCCCCCCOC(=O)CCCCC(=O)OCC(C)CC. The van der Waals surface area contributed by atoms with E-state index in [4.69, 9.17) is 9.47 Å². The van der Waals surface area contributed by atoms with Crippen LogP contribution in [-0.4, -0.2) is 25.2 Å². The van der Waals surface area contributed by atoms with Gasteiger partial charge >= 0.3 is 11.9 Å². The highest BCUT2D eigenvalue weighted by molar-refractivity contribution is 5.70. The molecule has 0 heterocycles. The van der Waals surface area contributed by atoms with E-state index in [0.29, 0.717) is 44.8 Å². The molecule has 0 aromatic heterocycles. The van der Waals surface area contributed by atoms with E-state index in [-0.39, 0.29) is 11.9 Å². The van der Waals surface area contributed by atoms with E-state index in [1.165, 1.54) is 70.6 Å². The summed E-state index contributed by atoms with van der Waals surface area (Å²) < 4.78 is 10.5. The molecule has 0 aliphatic carbocycles. The first-order chi connectivity index (χ1) is 14.6. The van der Waals surface area contributed by atoms with Gasteiger partial charge in [0.1, 0.15) is 0 Å². The predicted molar refractivity (Wildman–Crippen MR) is 126 cm³/mol. The zero-order chi connectivity index (χ0) is 22.3. The van der Waals surface area contributed by atoms with Crippen LogP contribution in [-0.2, 0) is 19.1 Å². The van der Waals surface area contributed by atoms with Crippen molar-refractivity contribution < 1.29 is 19.1 Å². The molecule has 0 fully saturated rings. The maximum atomic E-state index is 11.7. The predicted octanol–water partition coefficient (Wildman–Crippen LogP) is 7.77. The number of esters is 2. The van der Waals surface area contributed by atoms with Crippen LogP contribution < -0.4 is 0 Å². The van der Waals surface area contributed by atoms with E-state index in [1.54, 1.807) is 0 Å². The van der Waals surface area contributed by atoms with E-state index >= 15 is 0 Å². The second-order valence-electron chi connectivity index (χ2n) is 8.87. The molecule has 0 saturated carbocycles. The van der Waals surface area contributed by atoms with Crippen molar-refractivity contribution in [3.63, 3.8) is 0 Å².